The molecule has 2 aromatic heterocycles. The van der Waals surface area contributed by atoms with E-state index in [-0.39, 0.29) is 18.0 Å². The maximum absolute atomic E-state index is 13.2. The summed E-state index contributed by atoms with van der Waals surface area (Å²) in [5, 5.41) is 17.8. The Labute approximate surface area is 195 Å². The number of nitrogens with one attached hydrogen (secondary N) is 1. The summed E-state index contributed by atoms with van der Waals surface area (Å²) < 4.78 is 1.81. The van der Waals surface area contributed by atoms with Gasteiger partial charge in [-0.1, -0.05) is 25.3 Å². The van der Waals surface area contributed by atoms with Gasteiger partial charge in [0.15, 0.2) is 0 Å². The molecule has 1 unspecified atom stereocenters. The Morgan fingerprint density at radius 2 is 1.79 bits per heavy atom. The molecule has 8 nitrogen and oxygen atoms in total. The molecule has 1 N–H and O–H groups in total. The first-order valence-corrected chi connectivity index (χ1v) is 12.1. The van der Waals surface area contributed by atoms with Crippen molar-refractivity contribution in [3.63, 3.8) is 0 Å². The van der Waals surface area contributed by atoms with Gasteiger partial charge in [-0.05, 0) is 43.7 Å². The Hall–Kier alpha value is -2.84. The van der Waals surface area contributed by atoms with Crippen LogP contribution in [-0.4, -0.2) is 68.9 Å². The third-order valence-electron chi connectivity index (χ3n) is 7.08. The topological polar surface area (TPSA) is 79.2 Å². The highest BCUT2D eigenvalue weighted by molar-refractivity contribution is 5.84. The maximum atomic E-state index is 13.2. The highest BCUT2D eigenvalue weighted by Gasteiger charge is 2.30. The van der Waals surface area contributed by atoms with Gasteiger partial charge in [-0.25, -0.2) is 0 Å². The number of amides is 1. The van der Waals surface area contributed by atoms with Crippen LogP contribution in [0.3, 0.4) is 0 Å². The van der Waals surface area contributed by atoms with Crippen LogP contribution in [0.15, 0.2) is 36.7 Å². The summed E-state index contributed by atoms with van der Waals surface area (Å²) in [5.41, 5.74) is 3.82. The number of likely N-dealkylation sites (N-methyl/N-ethyl adjacent to an activating group) is 1. The van der Waals surface area contributed by atoms with E-state index in [0.717, 1.165) is 79.6 Å². The lowest BCUT2D eigenvalue weighted by atomic mass is 9.88. The number of aryl methyl sites for hydroxylation is 1. The van der Waals surface area contributed by atoms with E-state index in [4.69, 9.17) is 0 Å². The molecular weight excluding hydrogens is 414 g/mol. The van der Waals surface area contributed by atoms with Crippen LogP contribution >= 0.6 is 0 Å². The second-order valence-corrected chi connectivity index (χ2v) is 9.53. The number of fused-ring (bicyclic) bond motifs is 1. The number of hydrogen-bond donors (Lipinski definition) is 1. The third kappa shape index (κ3) is 4.91. The number of hydrogen-bond acceptors (Lipinski definition) is 6. The average Bonchev–Trinajstić information content (AvgIpc) is 3.29. The van der Waals surface area contributed by atoms with Crippen LogP contribution in [0.2, 0.25) is 0 Å². The van der Waals surface area contributed by atoms with Crippen molar-refractivity contribution in [3.8, 4) is 11.1 Å². The molecule has 2 fully saturated rings. The summed E-state index contributed by atoms with van der Waals surface area (Å²) >= 11 is 0. The normalized spacial score (nSPS) is 19.6. The average molecular weight is 448 g/mol. The molecule has 1 aliphatic heterocycles. The SMILES string of the molecule is CN1CCN(C(NC(=O)C2CCCCC2)c2cc3cc(-c4cnn(C)c4)ccc3nn2)CC1. The van der Waals surface area contributed by atoms with E-state index in [2.05, 4.69) is 55.7 Å². The van der Waals surface area contributed by atoms with Gasteiger partial charge in [0.05, 0.1) is 11.7 Å². The van der Waals surface area contributed by atoms with Crippen molar-refractivity contribution in [3.05, 3.63) is 42.4 Å². The number of rotatable bonds is 5. The highest BCUT2D eigenvalue weighted by Crippen LogP contribution is 2.28. The van der Waals surface area contributed by atoms with Gasteiger partial charge in [-0.2, -0.15) is 15.3 Å². The molecule has 5 rings (SSSR count). The molecule has 33 heavy (non-hydrogen) atoms. The van der Waals surface area contributed by atoms with Crippen molar-refractivity contribution in [2.24, 2.45) is 13.0 Å². The monoisotopic (exact) mass is 447 g/mol. The zero-order valence-corrected chi connectivity index (χ0v) is 19.6. The van der Waals surface area contributed by atoms with E-state index >= 15 is 0 Å². The predicted molar refractivity (Wildman–Crippen MR) is 128 cm³/mol. The summed E-state index contributed by atoms with van der Waals surface area (Å²) in [7, 11) is 4.06. The number of piperazine rings is 1. The van der Waals surface area contributed by atoms with Gasteiger partial charge in [0.1, 0.15) is 11.9 Å². The molecule has 0 radical (unpaired) electrons. The Morgan fingerprint density at radius 1 is 1.00 bits per heavy atom. The van der Waals surface area contributed by atoms with Crippen LogP contribution < -0.4 is 5.32 Å². The molecule has 1 amide bonds. The quantitative estimate of drug-likeness (QED) is 0.648. The zero-order chi connectivity index (χ0) is 22.8. The van der Waals surface area contributed by atoms with Gasteiger partial charge in [-0.15, -0.1) is 0 Å². The van der Waals surface area contributed by atoms with Crippen LogP contribution in [0.4, 0.5) is 0 Å². The van der Waals surface area contributed by atoms with E-state index < -0.39 is 0 Å². The van der Waals surface area contributed by atoms with Crippen molar-refractivity contribution in [1.82, 2.24) is 35.1 Å². The summed E-state index contributed by atoms with van der Waals surface area (Å²) in [5.74, 6) is 0.268. The number of carbonyl (C=O) groups is 1. The van der Waals surface area contributed by atoms with Crippen molar-refractivity contribution >= 4 is 16.8 Å². The molecule has 1 saturated carbocycles. The molecule has 8 heteroatoms. The standard InChI is InChI=1S/C25H33N7O/c1-30-10-12-32(13-11-30)24(27-25(33)18-6-4-3-5-7-18)23-15-20-14-19(8-9-22(20)28-29-23)21-16-26-31(2)17-21/h8-9,14-18,24H,3-7,10-13H2,1-2H3,(H,27,33). The second-order valence-electron chi connectivity index (χ2n) is 9.53. The Bertz CT molecular complexity index is 1110. The molecular formula is C25H33N7O. The van der Waals surface area contributed by atoms with Crippen LogP contribution in [0.5, 0.6) is 0 Å². The molecule has 3 aromatic rings. The van der Waals surface area contributed by atoms with Crippen LogP contribution in [0.25, 0.3) is 22.0 Å². The van der Waals surface area contributed by atoms with Gasteiger partial charge in [-0.3, -0.25) is 14.4 Å². The molecule has 2 aliphatic rings. The Balaban J connectivity index is 1.46. The molecule has 0 bridgehead atoms. The van der Waals surface area contributed by atoms with E-state index in [1.165, 1.54) is 6.42 Å². The maximum Gasteiger partial charge on any atom is 0.224 e. The third-order valence-corrected chi connectivity index (χ3v) is 7.08. The van der Waals surface area contributed by atoms with Crippen molar-refractivity contribution in [1.29, 1.82) is 0 Å². The van der Waals surface area contributed by atoms with Crippen molar-refractivity contribution in [2.75, 3.05) is 33.2 Å². The lowest BCUT2D eigenvalue weighted by molar-refractivity contribution is -0.128. The lowest BCUT2D eigenvalue weighted by Crippen LogP contribution is -2.51. The fraction of sp³-hybridized carbons (Fsp3) is 0.520. The van der Waals surface area contributed by atoms with E-state index in [1.54, 1.807) is 4.68 Å². The van der Waals surface area contributed by atoms with E-state index in [9.17, 15) is 4.79 Å². The zero-order valence-electron chi connectivity index (χ0n) is 19.6. The van der Waals surface area contributed by atoms with E-state index in [1.807, 2.05) is 25.5 Å². The minimum absolute atomic E-state index is 0.110. The first kappa shape index (κ1) is 22.0. The molecule has 3 heterocycles. The van der Waals surface area contributed by atoms with Crippen LogP contribution in [0.1, 0.15) is 44.0 Å². The second kappa shape index (κ2) is 9.57. The van der Waals surface area contributed by atoms with Gasteiger partial charge < -0.3 is 10.2 Å². The Morgan fingerprint density at radius 3 is 2.52 bits per heavy atom. The molecule has 174 valence electrons. The fourth-order valence-electron chi connectivity index (χ4n) is 4.99. The van der Waals surface area contributed by atoms with Crippen molar-refractivity contribution in [2.45, 2.75) is 38.3 Å². The lowest BCUT2D eigenvalue weighted by Gasteiger charge is -2.38. The smallest absolute Gasteiger partial charge is 0.224 e. The number of nitrogens with zero attached hydrogens (tertiary/aromatic N) is 6. The summed E-state index contributed by atoms with van der Waals surface area (Å²) in [6.45, 7) is 3.73. The van der Waals surface area contributed by atoms with Crippen molar-refractivity contribution < 1.29 is 4.79 Å². The molecule has 1 aromatic carbocycles. The highest BCUT2D eigenvalue weighted by atomic mass is 16.2. The van der Waals surface area contributed by atoms with Crippen LogP contribution in [-0.2, 0) is 11.8 Å². The summed E-state index contributed by atoms with van der Waals surface area (Å²) in [6.07, 6.45) is 9.11. The number of aromatic nitrogens is 4. The predicted octanol–water partition coefficient (Wildman–Crippen LogP) is 2.97. The number of carbonyl (C=O) groups excluding carboxylic acids is 1. The van der Waals surface area contributed by atoms with Gasteiger partial charge >= 0.3 is 0 Å². The number of benzene rings is 1. The minimum atomic E-state index is -0.257. The van der Waals surface area contributed by atoms with Gasteiger partial charge in [0.2, 0.25) is 5.91 Å². The van der Waals surface area contributed by atoms with Gasteiger partial charge in [0, 0.05) is 56.3 Å². The first-order valence-electron chi connectivity index (χ1n) is 12.1. The molecule has 1 saturated heterocycles. The summed E-state index contributed by atoms with van der Waals surface area (Å²) in [6, 6.07) is 8.28. The minimum Gasteiger partial charge on any atom is -0.335 e. The van der Waals surface area contributed by atoms with Gasteiger partial charge in [0.25, 0.3) is 0 Å². The van der Waals surface area contributed by atoms with E-state index in [0.29, 0.717) is 0 Å². The van der Waals surface area contributed by atoms with Crippen LogP contribution in [0, 0.1) is 5.92 Å². The first-order chi connectivity index (χ1) is 16.1. The molecule has 1 atom stereocenters. The molecule has 1 aliphatic carbocycles. The molecule has 0 spiro atoms. The fourth-order valence-corrected chi connectivity index (χ4v) is 4.99. The largest absolute Gasteiger partial charge is 0.335 e. The Kier molecular flexibility index (Phi) is 6.37. The summed E-state index contributed by atoms with van der Waals surface area (Å²) in [4.78, 5) is 17.8.